The first-order valence-electron chi connectivity index (χ1n) is 8.38. The molecule has 2 rings (SSSR count). The van der Waals surface area contributed by atoms with E-state index in [1.54, 1.807) is 12.2 Å². The molecule has 0 aliphatic rings. The molecule has 0 amide bonds. The van der Waals surface area contributed by atoms with Crippen LogP contribution in [-0.2, 0) is 0 Å². The van der Waals surface area contributed by atoms with Gasteiger partial charge in [-0.1, -0.05) is 72.8 Å². The van der Waals surface area contributed by atoms with E-state index in [9.17, 15) is 10.2 Å². The molecule has 2 nitrogen and oxygen atoms in total. The van der Waals surface area contributed by atoms with Crippen LogP contribution in [0.25, 0.3) is 0 Å². The van der Waals surface area contributed by atoms with Crippen LogP contribution < -0.4 is 0 Å². The van der Waals surface area contributed by atoms with Crippen molar-refractivity contribution in [3.8, 4) is 0 Å². The largest absolute Gasteiger partial charge is 0.388 e. The Balaban J connectivity index is 2.00. The van der Waals surface area contributed by atoms with Gasteiger partial charge in [0.05, 0.1) is 12.2 Å². The molecule has 0 aliphatic carbocycles. The lowest BCUT2D eigenvalue weighted by molar-refractivity contribution is 0.101. The van der Waals surface area contributed by atoms with Gasteiger partial charge >= 0.3 is 0 Å². The van der Waals surface area contributed by atoms with Gasteiger partial charge < -0.3 is 10.2 Å². The average molecular weight is 322 g/mol. The number of benzene rings is 2. The fourth-order valence-electron chi connectivity index (χ4n) is 2.99. The molecule has 0 saturated carbocycles. The van der Waals surface area contributed by atoms with Crippen molar-refractivity contribution in [2.24, 2.45) is 11.8 Å². The van der Waals surface area contributed by atoms with E-state index in [2.05, 4.69) is 13.2 Å². The molecule has 126 valence electrons. The number of hydrogen-bond acceptors (Lipinski definition) is 2. The zero-order valence-electron chi connectivity index (χ0n) is 14.0. The van der Waals surface area contributed by atoms with Crippen molar-refractivity contribution in [2.45, 2.75) is 25.0 Å². The summed E-state index contributed by atoms with van der Waals surface area (Å²) in [6.07, 6.45) is 3.91. The summed E-state index contributed by atoms with van der Waals surface area (Å²) in [5, 5.41) is 21.1. The fraction of sp³-hybridized carbons (Fsp3) is 0.273. The minimum absolute atomic E-state index is 0.0576. The maximum absolute atomic E-state index is 10.6. The van der Waals surface area contributed by atoms with Crippen molar-refractivity contribution in [1.82, 2.24) is 0 Å². The van der Waals surface area contributed by atoms with Gasteiger partial charge in [-0.3, -0.25) is 0 Å². The summed E-state index contributed by atoms with van der Waals surface area (Å²) in [5.41, 5.74) is 1.78. The molecule has 4 atom stereocenters. The number of hydrogen-bond donors (Lipinski definition) is 2. The predicted molar refractivity (Wildman–Crippen MR) is 99.4 cm³/mol. The van der Waals surface area contributed by atoms with Gasteiger partial charge in [-0.25, -0.2) is 0 Å². The molecule has 0 heterocycles. The minimum Gasteiger partial charge on any atom is -0.388 e. The quantitative estimate of drug-likeness (QED) is 0.649. The zero-order chi connectivity index (χ0) is 17.4. The van der Waals surface area contributed by atoms with Gasteiger partial charge in [-0.2, -0.15) is 0 Å². The van der Waals surface area contributed by atoms with Gasteiger partial charge in [0.25, 0.3) is 0 Å². The second kappa shape index (κ2) is 9.21. The van der Waals surface area contributed by atoms with E-state index in [-0.39, 0.29) is 11.8 Å². The monoisotopic (exact) mass is 322 g/mol. The predicted octanol–water partition coefficient (Wildman–Crippen LogP) is 4.84. The maximum atomic E-state index is 10.6. The molecular weight excluding hydrogens is 296 g/mol. The van der Waals surface area contributed by atoms with Crippen LogP contribution in [0.1, 0.15) is 36.2 Å². The summed E-state index contributed by atoms with van der Waals surface area (Å²) in [5.74, 6) is -0.115. The molecule has 24 heavy (non-hydrogen) atoms. The lowest BCUT2D eigenvalue weighted by Crippen LogP contribution is -2.15. The van der Waals surface area contributed by atoms with E-state index in [1.165, 1.54) is 0 Å². The van der Waals surface area contributed by atoms with Crippen LogP contribution >= 0.6 is 0 Å². The molecule has 2 heteroatoms. The molecule has 0 saturated heterocycles. The van der Waals surface area contributed by atoms with Crippen molar-refractivity contribution in [2.75, 3.05) is 0 Å². The van der Waals surface area contributed by atoms with Gasteiger partial charge in [0, 0.05) is 11.8 Å². The SMILES string of the molecule is C=C[C@H](CC[C@H](C=C)[C@@H](O)c1ccccc1)[C@H](O)c1ccccc1. The highest BCUT2D eigenvalue weighted by Crippen LogP contribution is 2.32. The Kier molecular flexibility index (Phi) is 6.98. The zero-order valence-corrected chi connectivity index (χ0v) is 14.0. The van der Waals surface area contributed by atoms with E-state index < -0.39 is 12.2 Å². The summed E-state index contributed by atoms with van der Waals surface area (Å²) in [7, 11) is 0. The number of rotatable bonds is 9. The minimum atomic E-state index is -0.581. The standard InChI is InChI=1S/C22H26O2/c1-3-17(21(23)19-11-7-5-8-12-19)15-16-18(4-2)22(24)20-13-9-6-10-14-20/h3-14,17-18,21-24H,1-2,15-16H2/t17-,18+,21+,22-. The highest BCUT2D eigenvalue weighted by molar-refractivity contribution is 5.20. The molecule has 0 radical (unpaired) electrons. The molecular formula is C22H26O2. The molecule has 2 aromatic rings. The van der Waals surface area contributed by atoms with Crippen molar-refractivity contribution >= 4 is 0 Å². The van der Waals surface area contributed by atoms with Crippen LogP contribution in [-0.4, -0.2) is 10.2 Å². The van der Waals surface area contributed by atoms with Crippen molar-refractivity contribution in [1.29, 1.82) is 0 Å². The fourth-order valence-corrected chi connectivity index (χ4v) is 2.99. The van der Waals surface area contributed by atoms with Crippen molar-refractivity contribution < 1.29 is 10.2 Å². The Bertz CT molecular complexity index is 563. The van der Waals surface area contributed by atoms with E-state index in [1.807, 2.05) is 60.7 Å². The van der Waals surface area contributed by atoms with E-state index in [0.717, 1.165) is 24.0 Å². The lowest BCUT2D eigenvalue weighted by atomic mass is 9.85. The van der Waals surface area contributed by atoms with Gasteiger partial charge in [0.15, 0.2) is 0 Å². The molecule has 2 aromatic carbocycles. The first-order chi connectivity index (χ1) is 11.7. The summed E-state index contributed by atoms with van der Waals surface area (Å²) < 4.78 is 0. The number of aliphatic hydroxyl groups excluding tert-OH is 2. The Morgan fingerprint density at radius 3 is 1.29 bits per heavy atom. The maximum Gasteiger partial charge on any atom is 0.0852 e. The third-order valence-corrected chi connectivity index (χ3v) is 4.53. The van der Waals surface area contributed by atoms with Crippen LogP contribution in [0.5, 0.6) is 0 Å². The van der Waals surface area contributed by atoms with Crippen molar-refractivity contribution in [3.05, 3.63) is 97.1 Å². The molecule has 0 aliphatic heterocycles. The van der Waals surface area contributed by atoms with Gasteiger partial charge in [-0.05, 0) is 24.0 Å². The smallest absolute Gasteiger partial charge is 0.0852 e. The Labute approximate surface area is 144 Å². The van der Waals surface area contributed by atoms with E-state index in [4.69, 9.17) is 0 Å². The summed E-state index contributed by atoms with van der Waals surface area (Å²) in [6, 6.07) is 19.2. The number of aliphatic hydroxyl groups is 2. The van der Waals surface area contributed by atoms with E-state index in [0.29, 0.717) is 0 Å². The van der Waals surface area contributed by atoms with Gasteiger partial charge in [-0.15, -0.1) is 13.2 Å². The van der Waals surface area contributed by atoms with Crippen LogP contribution in [0.4, 0.5) is 0 Å². The molecule has 0 spiro atoms. The first-order valence-corrected chi connectivity index (χ1v) is 8.38. The summed E-state index contributed by atoms with van der Waals surface area (Å²) >= 11 is 0. The van der Waals surface area contributed by atoms with Gasteiger partial charge in [0.1, 0.15) is 0 Å². The molecule has 0 bridgehead atoms. The van der Waals surface area contributed by atoms with Crippen LogP contribution in [0.15, 0.2) is 86.0 Å². The van der Waals surface area contributed by atoms with Gasteiger partial charge in [0.2, 0.25) is 0 Å². The highest BCUT2D eigenvalue weighted by atomic mass is 16.3. The Morgan fingerprint density at radius 1 is 0.667 bits per heavy atom. The summed E-state index contributed by atoms with van der Waals surface area (Å²) in [6.45, 7) is 7.73. The van der Waals surface area contributed by atoms with Crippen LogP contribution in [0.2, 0.25) is 0 Å². The third kappa shape index (κ3) is 4.67. The van der Waals surface area contributed by atoms with Crippen molar-refractivity contribution in [3.63, 3.8) is 0 Å². The van der Waals surface area contributed by atoms with Crippen LogP contribution in [0, 0.1) is 11.8 Å². The highest BCUT2D eigenvalue weighted by Gasteiger charge is 2.22. The topological polar surface area (TPSA) is 40.5 Å². The third-order valence-electron chi connectivity index (χ3n) is 4.53. The first kappa shape index (κ1) is 18.2. The summed E-state index contributed by atoms with van der Waals surface area (Å²) in [4.78, 5) is 0. The lowest BCUT2D eigenvalue weighted by Gasteiger charge is -2.24. The second-order valence-electron chi connectivity index (χ2n) is 6.09. The Morgan fingerprint density at radius 2 is 1.00 bits per heavy atom. The molecule has 0 unspecified atom stereocenters. The Hall–Kier alpha value is -2.16. The van der Waals surface area contributed by atoms with Crippen LogP contribution in [0.3, 0.4) is 0 Å². The second-order valence-corrected chi connectivity index (χ2v) is 6.09. The molecule has 0 aromatic heterocycles. The average Bonchev–Trinajstić information content (AvgIpc) is 2.66. The molecule has 2 N–H and O–H groups in total. The van der Waals surface area contributed by atoms with E-state index >= 15 is 0 Å². The normalized spacial score (nSPS) is 15.9. The molecule has 0 fully saturated rings.